The Morgan fingerprint density at radius 1 is 0.909 bits per heavy atom. The molecule has 1 saturated heterocycles. The molecule has 2 aliphatic rings. The van der Waals surface area contributed by atoms with Crippen molar-refractivity contribution in [2.45, 2.75) is 31.3 Å². The molecule has 1 aliphatic heterocycles. The topological polar surface area (TPSA) is 9.23 Å². The molecule has 112 valence electrons. The minimum Gasteiger partial charge on any atom is -0.374 e. The van der Waals surface area contributed by atoms with Crippen LogP contribution in [0.4, 0.5) is 0 Å². The van der Waals surface area contributed by atoms with Gasteiger partial charge in [0.2, 0.25) is 0 Å². The van der Waals surface area contributed by atoms with E-state index in [2.05, 4.69) is 66.7 Å². The molecule has 1 fully saturated rings. The quantitative estimate of drug-likeness (QED) is 0.769. The van der Waals surface area contributed by atoms with E-state index in [0.29, 0.717) is 11.8 Å². The van der Waals surface area contributed by atoms with Gasteiger partial charge in [0, 0.05) is 6.61 Å². The van der Waals surface area contributed by atoms with Crippen LogP contribution in [0.5, 0.6) is 0 Å². The summed E-state index contributed by atoms with van der Waals surface area (Å²) in [5.41, 5.74) is 4.38. The first-order chi connectivity index (χ1) is 10.9. The number of rotatable bonds is 2. The van der Waals surface area contributed by atoms with Gasteiger partial charge in [-0.05, 0) is 47.8 Å². The fraction of sp³-hybridized carbons (Fsp3) is 0.333. The van der Waals surface area contributed by atoms with Crippen molar-refractivity contribution in [1.82, 2.24) is 0 Å². The lowest BCUT2D eigenvalue weighted by Crippen LogP contribution is -2.37. The molecule has 0 amide bonds. The highest BCUT2D eigenvalue weighted by molar-refractivity contribution is 5.49. The molecule has 22 heavy (non-hydrogen) atoms. The molecule has 3 atom stereocenters. The van der Waals surface area contributed by atoms with Crippen molar-refractivity contribution in [2.24, 2.45) is 5.92 Å². The Bertz CT molecular complexity index is 659. The first-order valence-electron chi connectivity index (χ1n) is 8.34. The molecule has 0 unspecified atom stereocenters. The van der Waals surface area contributed by atoms with Crippen LogP contribution in [0, 0.1) is 5.92 Å². The Morgan fingerprint density at radius 2 is 1.73 bits per heavy atom. The number of hydrogen-bond donors (Lipinski definition) is 0. The van der Waals surface area contributed by atoms with Crippen LogP contribution >= 0.6 is 0 Å². The van der Waals surface area contributed by atoms with E-state index in [4.69, 9.17) is 4.74 Å². The summed E-state index contributed by atoms with van der Waals surface area (Å²) in [6.45, 7) is 0.874. The minimum atomic E-state index is 0.257. The van der Waals surface area contributed by atoms with Gasteiger partial charge in [-0.15, -0.1) is 0 Å². The second-order valence-electron chi connectivity index (χ2n) is 6.40. The van der Waals surface area contributed by atoms with E-state index in [1.165, 1.54) is 18.4 Å². The van der Waals surface area contributed by atoms with Crippen molar-refractivity contribution in [3.8, 4) is 0 Å². The van der Waals surface area contributed by atoms with Gasteiger partial charge < -0.3 is 4.74 Å². The van der Waals surface area contributed by atoms with Gasteiger partial charge >= 0.3 is 0 Å². The number of hydrogen-bond acceptors (Lipinski definition) is 1. The number of ether oxygens (including phenoxy) is 1. The number of benzene rings is 2. The number of fused-ring (bicyclic) bond motifs is 3. The van der Waals surface area contributed by atoms with Crippen LogP contribution in [-0.4, -0.2) is 12.7 Å². The fourth-order valence-corrected chi connectivity index (χ4v) is 4.06. The highest BCUT2D eigenvalue weighted by atomic mass is 16.5. The standard InChI is InChI=1S/C21H22O/c1-2-6-16(7-3-1)10-13-21-20-12-11-17-8-4-5-9-18(17)19(20)14-15-22-21/h1-10,13,19-21H,11-12,14-15H2/b13-10+/t19-,20+,21+/m0/s1. The Hall–Kier alpha value is -1.86. The Balaban J connectivity index is 1.57. The van der Waals surface area contributed by atoms with Gasteiger partial charge in [0.05, 0.1) is 6.10 Å². The van der Waals surface area contributed by atoms with Crippen LogP contribution in [0.25, 0.3) is 6.08 Å². The molecule has 1 heteroatoms. The summed E-state index contributed by atoms with van der Waals surface area (Å²) in [5, 5.41) is 0. The first-order valence-corrected chi connectivity index (χ1v) is 8.34. The third kappa shape index (κ3) is 2.62. The van der Waals surface area contributed by atoms with Crippen LogP contribution in [0.3, 0.4) is 0 Å². The second kappa shape index (κ2) is 6.10. The van der Waals surface area contributed by atoms with Crippen molar-refractivity contribution >= 4 is 6.08 Å². The maximum atomic E-state index is 6.10. The van der Waals surface area contributed by atoms with Crippen molar-refractivity contribution in [3.63, 3.8) is 0 Å². The normalized spacial score (nSPS) is 27.4. The highest BCUT2D eigenvalue weighted by Crippen LogP contribution is 2.43. The molecule has 0 N–H and O–H groups in total. The van der Waals surface area contributed by atoms with Crippen LogP contribution in [-0.2, 0) is 11.2 Å². The van der Waals surface area contributed by atoms with E-state index in [0.717, 1.165) is 13.0 Å². The Kier molecular flexibility index (Phi) is 3.82. The molecule has 0 aromatic heterocycles. The smallest absolute Gasteiger partial charge is 0.0793 e. The van der Waals surface area contributed by atoms with Crippen LogP contribution in [0.15, 0.2) is 60.7 Å². The summed E-state index contributed by atoms with van der Waals surface area (Å²) in [6, 6.07) is 19.5. The molecule has 2 aromatic carbocycles. The van der Waals surface area contributed by atoms with Gasteiger partial charge in [0.1, 0.15) is 0 Å². The number of aryl methyl sites for hydroxylation is 1. The highest BCUT2D eigenvalue weighted by Gasteiger charge is 2.37. The van der Waals surface area contributed by atoms with Crippen molar-refractivity contribution in [3.05, 3.63) is 77.4 Å². The fourth-order valence-electron chi connectivity index (χ4n) is 4.06. The SMILES string of the molecule is C(=C\[C@H]1OCC[C@H]2c3ccccc3CC[C@@H]12)/c1ccccc1. The predicted octanol–water partition coefficient (Wildman–Crippen LogP) is 4.83. The maximum Gasteiger partial charge on any atom is 0.0793 e. The van der Waals surface area contributed by atoms with E-state index in [1.54, 1.807) is 11.1 Å². The minimum absolute atomic E-state index is 0.257. The molecule has 1 aliphatic carbocycles. The molecule has 0 saturated carbocycles. The molecule has 1 nitrogen and oxygen atoms in total. The molecule has 0 bridgehead atoms. The van der Waals surface area contributed by atoms with E-state index in [9.17, 15) is 0 Å². The molecular formula is C21H22O. The molecule has 2 aromatic rings. The zero-order valence-corrected chi connectivity index (χ0v) is 12.8. The zero-order chi connectivity index (χ0) is 14.8. The maximum absolute atomic E-state index is 6.10. The van der Waals surface area contributed by atoms with Gasteiger partial charge in [0.15, 0.2) is 0 Å². The van der Waals surface area contributed by atoms with Crippen LogP contribution < -0.4 is 0 Å². The second-order valence-corrected chi connectivity index (χ2v) is 6.40. The van der Waals surface area contributed by atoms with E-state index >= 15 is 0 Å². The Morgan fingerprint density at radius 3 is 2.64 bits per heavy atom. The Labute approximate surface area is 132 Å². The van der Waals surface area contributed by atoms with E-state index < -0.39 is 0 Å². The molecule has 0 radical (unpaired) electrons. The summed E-state index contributed by atoms with van der Waals surface area (Å²) in [7, 11) is 0. The van der Waals surface area contributed by atoms with Gasteiger partial charge in [-0.3, -0.25) is 0 Å². The van der Waals surface area contributed by atoms with Crippen LogP contribution in [0.2, 0.25) is 0 Å². The monoisotopic (exact) mass is 290 g/mol. The third-order valence-electron chi connectivity index (χ3n) is 5.16. The van der Waals surface area contributed by atoms with Gasteiger partial charge in [-0.25, -0.2) is 0 Å². The van der Waals surface area contributed by atoms with Crippen molar-refractivity contribution in [2.75, 3.05) is 6.61 Å². The predicted molar refractivity (Wildman–Crippen MR) is 90.8 cm³/mol. The van der Waals surface area contributed by atoms with Crippen molar-refractivity contribution < 1.29 is 4.74 Å². The van der Waals surface area contributed by atoms with Gasteiger partial charge in [-0.1, -0.05) is 66.7 Å². The summed E-state index contributed by atoms with van der Waals surface area (Å²) in [5.74, 6) is 1.30. The van der Waals surface area contributed by atoms with Gasteiger partial charge in [-0.2, -0.15) is 0 Å². The van der Waals surface area contributed by atoms with Crippen molar-refractivity contribution in [1.29, 1.82) is 0 Å². The first kappa shape index (κ1) is 13.8. The summed E-state index contributed by atoms with van der Waals surface area (Å²) < 4.78 is 6.10. The van der Waals surface area contributed by atoms with Crippen LogP contribution in [0.1, 0.15) is 35.4 Å². The summed E-state index contributed by atoms with van der Waals surface area (Å²) in [4.78, 5) is 0. The molecule has 0 spiro atoms. The van der Waals surface area contributed by atoms with Gasteiger partial charge in [0.25, 0.3) is 0 Å². The largest absolute Gasteiger partial charge is 0.374 e. The lowest BCUT2D eigenvalue weighted by Gasteiger charge is -2.41. The average Bonchev–Trinajstić information content (AvgIpc) is 2.60. The summed E-state index contributed by atoms with van der Waals surface area (Å²) >= 11 is 0. The summed E-state index contributed by atoms with van der Waals surface area (Å²) in [6.07, 6.45) is 8.35. The zero-order valence-electron chi connectivity index (χ0n) is 12.8. The van der Waals surface area contributed by atoms with E-state index in [1.807, 2.05) is 0 Å². The molecular weight excluding hydrogens is 268 g/mol. The molecule has 1 heterocycles. The lowest BCUT2D eigenvalue weighted by molar-refractivity contribution is -0.0147. The average molecular weight is 290 g/mol. The lowest BCUT2D eigenvalue weighted by atomic mass is 9.70. The third-order valence-corrected chi connectivity index (χ3v) is 5.16. The van der Waals surface area contributed by atoms with E-state index in [-0.39, 0.29) is 6.10 Å². The molecule has 4 rings (SSSR count).